The lowest BCUT2D eigenvalue weighted by Gasteiger charge is -2.34. The average Bonchev–Trinajstić information content (AvgIpc) is 1.99. The van der Waals surface area contributed by atoms with E-state index in [0.29, 0.717) is 12.5 Å². The maximum atomic E-state index is 11.8. The molecule has 0 saturated heterocycles. The van der Waals surface area contributed by atoms with Gasteiger partial charge in [-0.3, -0.25) is 4.79 Å². The van der Waals surface area contributed by atoms with E-state index in [4.69, 9.17) is 5.73 Å². The standard InChI is InChI=1S/C12H22N2O/c1-8(2)5-9-6-12(3,4)14-11(15)10(9)7-13/h8H,5-7,13H2,1-4H3,(H,14,15). The molecule has 1 heterocycles. The summed E-state index contributed by atoms with van der Waals surface area (Å²) in [5.41, 5.74) is 7.54. The molecule has 0 spiro atoms. The van der Waals surface area contributed by atoms with Crippen LogP contribution in [0.3, 0.4) is 0 Å². The van der Waals surface area contributed by atoms with Crippen molar-refractivity contribution in [2.24, 2.45) is 11.7 Å². The predicted octanol–water partition coefficient (Wildman–Crippen LogP) is 1.59. The number of nitrogens with one attached hydrogen (secondary N) is 1. The Balaban J connectivity index is 2.97. The van der Waals surface area contributed by atoms with Crippen LogP contribution in [0.4, 0.5) is 0 Å². The number of nitrogens with two attached hydrogens (primary N) is 1. The molecule has 15 heavy (non-hydrogen) atoms. The summed E-state index contributed by atoms with van der Waals surface area (Å²) in [4.78, 5) is 11.8. The quantitative estimate of drug-likeness (QED) is 0.743. The van der Waals surface area contributed by atoms with Crippen LogP contribution in [-0.2, 0) is 4.79 Å². The first-order chi connectivity index (χ1) is 6.85. The minimum atomic E-state index is -0.125. The third kappa shape index (κ3) is 3.06. The van der Waals surface area contributed by atoms with Crippen molar-refractivity contribution in [3.8, 4) is 0 Å². The van der Waals surface area contributed by atoms with Crippen molar-refractivity contribution in [2.45, 2.75) is 46.1 Å². The van der Waals surface area contributed by atoms with Crippen molar-refractivity contribution < 1.29 is 4.79 Å². The Hall–Kier alpha value is -0.830. The lowest BCUT2D eigenvalue weighted by atomic mass is 9.83. The number of amides is 1. The second-order valence-electron chi connectivity index (χ2n) is 5.40. The minimum Gasteiger partial charge on any atom is -0.347 e. The Labute approximate surface area is 92.1 Å². The van der Waals surface area contributed by atoms with Crippen molar-refractivity contribution in [2.75, 3.05) is 6.54 Å². The second-order valence-corrected chi connectivity index (χ2v) is 5.40. The van der Waals surface area contributed by atoms with E-state index < -0.39 is 0 Å². The van der Waals surface area contributed by atoms with Crippen LogP contribution in [0.2, 0.25) is 0 Å². The summed E-state index contributed by atoms with van der Waals surface area (Å²) in [6.45, 7) is 8.79. The van der Waals surface area contributed by atoms with Crippen LogP contribution in [0.5, 0.6) is 0 Å². The van der Waals surface area contributed by atoms with Crippen LogP contribution in [0.1, 0.15) is 40.5 Å². The van der Waals surface area contributed by atoms with Gasteiger partial charge >= 0.3 is 0 Å². The van der Waals surface area contributed by atoms with Crippen molar-refractivity contribution >= 4 is 5.91 Å². The number of rotatable bonds is 3. The summed E-state index contributed by atoms with van der Waals surface area (Å²) >= 11 is 0. The minimum absolute atomic E-state index is 0.0180. The molecule has 0 atom stereocenters. The van der Waals surface area contributed by atoms with E-state index in [-0.39, 0.29) is 11.4 Å². The molecule has 0 aromatic heterocycles. The number of hydrogen-bond acceptors (Lipinski definition) is 2. The van der Waals surface area contributed by atoms with Crippen LogP contribution in [0.25, 0.3) is 0 Å². The van der Waals surface area contributed by atoms with Gasteiger partial charge in [-0.2, -0.15) is 0 Å². The topological polar surface area (TPSA) is 55.1 Å². The van der Waals surface area contributed by atoms with Crippen molar-refractivity contribution in [3.05, 3.63) is 11.1 Å². The van der Waals surface area contributed by atoms with E-state index in [1.165, 1.54) is 5.57 Å². The molecule has 0 aromatic carbocycles. The molecule has 0 radical (unpaired) electrons. The summed E-state index contributed by atoms with van der Waals surface area (Å²) in [6, 6.07) is 0. The molecule has 0 bridgehead atoms. The van der Waals surface area contributed by atoms with Gasteiger partial charge in [0.15, 0.2) is 0 Å². The molecule has 0 aromatic rings. The molecule has 0 unspecified atom stereocenters. The van der Waals surface area contributed by atoms with Gasteiger partial charge in [0.2, 0.25) is 5.91 Å². The molecule has 3 heteroatoms. The fraction of sp³-hybridized carbons (Fsp3) is 0.750. The first kappa shape index (κ1) is 12.2. The van der Waals surface area contributed by atoms with Crippen LogP contribution in [0, 0.1) is 5.92 Å². The van der Waals surface area contributed by atoms with Crippen molar-refractivity contribution in [3.63, 3.8) is 0 Å². The smallest absolute Gasteiger partial charge is 0.248 e. The zero-order chi connectivity index (χ0) is 11.6. The highest BCUT2D eigenvalue weighted by Gasteiger charge is 2.30. The van der Waals surface area contributed by atoms with Gasteiger partial charge in [-0.05, 0) is 32.6 Å². The average molecular weight is 210 g/mol. The number of carbonyl (C=O) groups excluding carboxylic acids is 1. The zero-order valence-electron chi connectivity index (χ0n) is 10.2. The van der Waals surface area contributed by atoms with Crippen LogP contribution in [-0.4, -0.2) is 18.0 Å². The summed E-state index contributed by atoms with van der Waals surface area (Å²) in [6.07, 6.45) is 1.90. The SMILES string of the molecule is CC(C)CC1=C(CN)C(=O)NC(C)(C)C1. The van der Waals surface area contributed by atoms with Crippen molar-refractivity contribution in [1.29, 1.82) is 0 Å². The molecule has 1 aliphatic heterocycles. The molecule has 0 saturated carbocycles. The third-order valence-electron chi connectivity index (χ3n) is 2.67. The summed E-state index contributed by atoms with van der Waals surface area (Å²) in [5.74, 6) is 0.590. The molecule has 0 aliphatic carbocycles. The van der Waals surface area contributed by atoms with E-state index in [9.17, 15) is 4.79 Å². The Kier molecular flexibility index (Phi) is 3.55. The van der Waals surface area contributed by atoms with Crippen LogP contribution < -0.4 is 11.1 Å². The largest absolute Gasteiger partial charge is 0.347 e. The zero-order valence-corrected chi connectivity index (χ0v) is 10.2. The maximum Gasteiger partial charge on any atom is 0.248 e. The fourth-order valence-corrected chi connectivity index (χ4v) is 2.15. The van der Waals surface area contributed by atoms with Crippen molar-refractivity contribution in [1.82, 2.24) is 5.32 Å². The van der Waals surface area contributed by atoms with Gasteiger partial charge in [-0.15, -0.1) is 0 Å². The highest BCUT2D eigenvalue weighted by atomic mass is 16.1. The van der Waals surface area contributed by atoms with Gasteiger partial charge in [0.1, 0.15) is 0 Å². The van der Waals surface area contributed by atoms with Gasteiger partial charge in [0.25, 0.3) is 0 Å². The molecule has 1 amide bonds. The van der Waals surface area contributed by atoms with E-state index in [0.717, 1.165) is 18.4 Å². The predicted molar refractivity (Wildman–Crippen MR) is 62.4 cm³/mol. The molecule has 0 fully saturated rings. The van der Waals surface area contributed by atoms with Gasteiger partial charge in [0, 0.05) is 17.7 Å². The maximum absolute atomic E-state index is 11.8. The first-order valence-corrected chi connectivity index (χ1v) is 5.59. The van der Waals surface area contributed by atoms with Gasteiger partial charge < -0.3 is 11.1 Å². The Morgan fingerprint density at radius 1 is 1.47 bits per heavy atom. The Bertz CT molecular complexity index is 290. The third-order valence-corrected chi connectivity index (χ3v) is 2.67. The molecular formula is C12H22N2O. The van der Waals surface area contributed by atoms with Gasteiger partial charge in [-0.1, -0.05) is 19.4 Å². The summed E-state index contributed by atoms with van der Waals surface area (Å²) in [7, 11) is 0. The number of carbonyl (C=O) groups is 1. The molecule has 3 nitrogen and oxygen atoms in total. The highest BCUT2D eigenvalue weighted by Crippen LogP contribution is 2.28. The molecular weight excluding hydrogens is 188 g/mol. The lowest BCUT2D eigenvalue weighted by Crippen LogP contribution is -2.49. The van der Waals surface area contributed by atoms with E-state index in [1.54, 1.807) is 0 Å². The molecule has 3 N–H and O–H groups in total. The molecule has 86 valence electrons. The number of hydrogen-bond donors (Lipinski definition) is 2. The van der Waals surface area contributed by atoms with E-state index in [2.05, 4.69) is 33.0 Å². The van der Waals surface area contributed by atoms with E-state index >= 15 is 0 Å². The van der Waals surface area contributed by atoms with E-state index in [1.807, 2.05) is 0 Å². The second kappa shape index (κ2) is 4.35. The van der Waals surface area contributed by atoms with Crippen LogP contribution >= 0.6 is 0 Å². The molecule has 1 aliphatic rings. The molecule has 1 rings (SSSR count). The first-order valence-electron chi connectivity index (χ1n) is 5.59. The summed E-state index contributed by atoms with van der Waals surface area (Å²) in [5, 5.41) is 2.98. The fourth-order valence-electron chi connectivity index (χ4n) is 2.15. The van der Waals surface area contributed by atoms with Gasteiger partial charge in [0.05, 0.1) is 0 Å². The van der Waals surface area contributed by atoms with Crippen LogP contribution in [0.15, 0.2) is 11.1 Å². The summed E-state index contributed by atoms with van der Waals surface area (Å²) < 4.78 is 0. The Morgan fingerprint density at radius 3 is 2.53 bits per heavy atom. The normalized spacial score (nSPS) is 20.8. The lowest BCUT2D eigenvalue weighted by molar-refractivity contribution is -0.119. The monoisotopic (exact) mass is 210 g/mol. The highest BCUT2D eigenvalue weighted by molar-refractivity contribution is 5.96. The Morgan fingerprint density at radius 2 is 2.07 bits per heavy atom. The van der Waals surface area contributed by atoms with Gasteiger partial charge in [-0.25, -0.2) is 0 Å².